The largest absolute Gasteiger partial charge is 0.379 e. The third-order valence-electron chi connectivity index (χ3n) is 7.18. The maximum Gasteiger partial charge on any atom is 0.227 e. The Labute approximate surface area is 139 Å². The van der Waals surface area contributed by atoms with Crippen LogP contribution in [-0.4, -0.2) is 56.0 Å². The molecule has 2 saturated carbocycles. The van der Waals surface area contributed by atoms with E-state index in [1.165, 1.54) is 0 Å². The summed E-state index contributed by atoms with van der Waals surface area (Å²) in [4.78, 5) is 27.7. The molecule has 130 valence electrons. The highest BCUT2D eigenvalue weighted by Crippen LogP contribution is 2.70. The van der Waals surface area contributed by atoms with Crippen molar-refractivity contribution in [2.45, 2.75) is 46.5 Å². The van der Waals surface area contributed by atoms with Crippen LogP contribution in [0.2, 0.25) is 0 Å². The van der Waals surface area contributed by atoms with E-state index in [0.717, 1.165) is 52.1 Å². The van der Waals surface area contributed by atoms with Crippen LogP contribution in [0.1, 0.15) is 46.5 Å². The number of nitrogens with zero attached hydrogens (tertiary/aromatic N) is 1. The average molecular weight is 322 g/mol. The van der Waals surface area contributed by atoms with Gasteiger partial charge in [0.2, 0.25) is 5.91 Å². The van der Waals surface area contributed by atoms with Gasteiger partial charge in [-0.15, -0.1) is 0 Å². The fraction of sp³-hybridized carbons (Fsp3) is 0.889. The highest BCUT2D eigenvalue weighted by atomic mass is 16.5. The summed E-state index contributed by atoms with van der Waals surface area (Å²) in [5, 5.41) is 3.13. The van der Waals surface area contributed by atoms with Gasteiger partial charge in [-0.25, -0.2) is 0 Å². The molecule has 3 aliphatic rings. The number of amides is 1. The summed E-state index contributed by atoms with van der Waals surface area (Å²) in [6, 6.07) is 0. The van der Waals surface area contributed by atoms with Crippen molar-refractivity contribution in [2.24, 2.45) is 16.2 Å². The maximum atomic E-state index is 12.9. The van der Waals surface area contributed by atoms with E-state index < -0.39 is 5.41 Å². The second kappa shape index (κ2) is 5.85. The minimum atomic E-state index is -0.488. The van der Waals surface area contributed by atoms with Gasteiger partial charge in [0.1, 0.15) is 5.78 Å². The predicted molar refractivity (Wildman–Crippen MR) is 88.1 cm³/mol. The number of rotatable bonds is 5. The summed E-state index contributed by atoms with van der Waals surface area (Å²) in [5.74, 6) is 0.372. The number of hydrogen-bond acceptors (Lipinski definition) is 4. The van der Waals surface area contributed by atoms with Gasteiger partial charge in [-0.05, 0) is 31.2 Å². The summed E-state index contributed by atoms with van der Waals surface area (Å²) in [6.45, 7) is 11.5. The molecule has 5 nitrogen and oxygen atoms in total. The zero-order valence-corrected chi connectivity index (χ0v) is 14.7. The van der Waals surface area contributed by atoms with E-state index in [0.29, 0.717) is 13.0 Å². The quantitative estimate of drug-likeness (QED) is 0.781. The first-order chi connectivity index (χ1) is 10.8. The molecule has 0 aromatic heterocycles. The molecule has 0 aromatic carbocycles. The van der Waals surface area contributed by atoms with Crippen LogP contribution in [0.15, 0.2) is 0 Å². The lowest BCUT2D eigenvalue weighted by Gasteiger charge is -2.38. The van der Waals surface area contributed by atoms with Gasteiger partial charge in [-0.1, -0.05) is 20.8 Å². The van der Waals surface area contributed by atoms with Gasteiger partial charge in [-0.3, -0.25) is 14.5 Å². The molecule has 3 fully saturated rings. The lowest BCUT2D eigenvalue weighted by molar-refractivity contribution is -0.136. The van der Waals surface area contributed by atoms with E-state index in [2.05, 4.69) is 31.0 Å². The lowest BCUT2D eigenvalue weighted by Crippen LogP contribution is -2.47. The molecule has 0 spiro atoms. The Morgan fingerprint density at radius 2 is 1.91 bits per heavy atom. The van der Waals surface area contributed by atoms with Crippen LogP contribution < -0.4 is 5.32 Å². The van der Waals surface area contributed by atoms with Gasteiger partial charge in [0.15, 0.2) is 0 Å². The average Bonchev–Trinajstić information content (AvgIpc) is 2.83. The van der Waals surface area contributed by atoms with Gasteiger partial charge in [0.05, 0.1) is 18.6 Å². The van der Waals surface area contributed by atoms with Gasteiger partial charge >= 0.3 is 0 Å². The molecule has 2 bridgehead atoms. The Balaban J connectivity index is 1.53. The Hall–Kier alpha value is -0.940. The first-order valence-corrected chi connectivity index (χ1v) is 8.95. The van der Waals surface area contributed by atoms with Crippen LogP contribution in [0.25, 0.3) is 0 Å². The second-order valence-electron chi connectivity index (χ2n) is 8.20. The molecule has 3 rings (SSSR count). The highest BCUT2D eigenvalue weighted by molar-refractivity contribution is 5.99. The second-order valence-corrected chi connectivity index (χ2v) is 8.20. The molecule has 2 aliphatic carbocycles. The van der Waals surface area contributed by atoms with E-state index in [4.69, 9.17) is 4.74 Å². The first-order valence-electron chi connectivity index (χ1n) is 8.95. The molecule has 1 saturated heterocycles. The number of morpholine rings is 1. The van der Waals surface area contributed by atoms with Crippen molar-refractivity contribution in [2.75, 3.05) is 39.4 Å². The number of carbonyl (C=O) groups excluding carboxylic acids is 2. The Morgan fingerprint density at radius 3 is 2.48 bits per heavy atom. The van der Waals surface area contributed by atoms with Crippen molar-refractivity contribution < 1.29 is 14.3 Å². The van der Waals surface area contributed by atoms with Crippen LogP contribution in [0, 0.1) is 16.2 Å². The van der Waals surface area contributed by atoms with Gasteiger partial charge in [-0.2, -0.15) is 0 Å². The van der Waals surface area contributed by atoms with Crippen molar-refractivity contribution in [3.05, 3.63) is 0 Å². The summed E-state index contributed by atoms with van der Waals surface area (Å²) >= 11 is 0. The molecular weight excluding hydrogens is 292 g/mol. The van der Waals surface area contributed by atoms with Crippen molar-refractivity contribution >= 4 is 11.7 Å². The molecule has 1 N–H and O–H groups in total. The van der Waals surface area contributed by atoms with Crippen LogP contribution >= 0.6 is 0 Å². The van der Waals surface area contributed by atoms with E-state index in [1.807, 2.05) is 0 Å². The number of fused-ring (bicyclic) bond motifs is 2. The summed E-state index contributed by atoms with van der Waals surface area (Å²) < 4.78 is 5.34. The molecule has 2 atom stereocenters. The van der Waals surface area contributed by atoms with Crippen LogP contribution in [0.4, 0.5) is 0 Å². The number of Topliss-reactive ketones (excluding diaryl/α,β-unsaturated/α-hetero) is 1. The molecular formula is C18H30N2O3. The standard InChI is InChI=1S/C18H30N2O3/c1-16(2)17(3)5-6-18(16,13-14(17)21)15(22)19-7-4-8-20-9-11-23-12-10-20/h4-13H2,1-3H3,(H,19,22)/t17-,18-/m0/s1. The molecule has 5 heteroatoms. The third-order valence-corrected chi connectivity index (χ3v) is 7.18. The van der Waals surface area contributed by atoms with Crippen molar-refractivity contribution in [3.8, 4) is 0 Å². The molecule has 0 radical (unpaired) electrons. The normalized spacial score (nSPS) is 36.4. The smallest absolute Gasteiger partial charge is 0.227 e. The Morgan fingerprint density at radius 1 is 1.22 bits per heavy atom. The topological polar surface area (TPSA) is 58.6 Å². The first kappa shape index (κ1) is 16.9. The van der Waals surface area contributed by atoms with Gasteiger partial charge in [0, 0.05) is 31.5 Å². The number of hydrogen-bond donors (Lipinski definition) is 1. The van der Waals surface area contributed by atoms with Crippen LogP contribution in [-0.2, 0) is 14.3 Å². The minimum absolute atomic E-state index is 0.0963. The molecule has 0 unspecified atom stereocenters. The Kier molecular flexibility index (Phi) is 4.30. The zero-order valence-electron chi connectivity index (χ0n) is 14.7. The van der Waals surface area contributed by atoms with E-state index >= 15 is 0 Å². The summed E-state index contributed by atoms with van der Waals surface area (Å²) in [7, 11) is 0. The Bertz CT molecular complexity index is 498. The SMILES string of the molecule is CC1(C)[C@@]2(C(=O)NCCCN3CCOCC3)CC[C@@]1(C)C(=O)C2. The number of ether oxygens (including phenoxy) is 1. The number of nitrogens with one attached hydrogen (secondary N) is 1. The van der Waals surface area contributed by atoms with Crippen molar-refractivity contribution in [1.29, 1.82) is 0 Å². The molecule has 23 heavy (non-hydrogen) atoms. The predicted octanol–water partition coefficient (Wildman–Crippen LogP) is 1.61. The van der Waals surface area contributed by atoms with Crippen molar-refractivity contribution in [1.82, 2.24) is 10.2 Å². The summed E-state index contributed by atoms with van der Waals surface area (Å²) in [6.07, 6.45) is 3.07. The van der Waals surface area contributed by atoms with Crippen LogP contribution in [0.3, 0.4) is 0 Å². The highest BCUT2D eigenvalue weighted by Gasteiger charge is 2.72. The number of carbonyl (C=O) groups is 2. The number of ketones is 1. The molecule has 1 heterocycles. The molecule has 0 aromatic rings. The van der Waals surface area contributed by atoms with Crippen molar-refractivity contribution in [3.63, 3.8) is 0 Å². The van der Waals surface area contributed by atoms with E-state index in [9.17, 15) is 9.59 Å². The minimum Gasteiger partial charge on any atom is -0.379 e. The fourth-order valence-electron chi connectivity index (χ4n) is 4.86. The maximum absolute atomic E-state index is 12.9. The molecule has 1 amide bonds. The third kappa shape index (κ3) is 2.43. The lowest BCUT2D eigenvalue weighted by atomic mass is 9.64. The monoisotopic (exact) mass is 322 g/mol. The van der Waals surface area contributed by atoms with E-state index in [-0.39, 0.29) is 22.5 Å². The molecule has 1 aliphatic heterocycles. The van der Waals surface area contributed by atoms with Gasteiger partial charge in [0.25, 0.3) is 0 Å². The van der Waals surface area contributed by atoms with Crippen LogP contribution in [0.5, 0.6) is 0 Å². The summed E-state index contributed by atoms with van der Waals surface area (Å²) in [5.41, 5.74) is -1.05. The zero-order chi connectivity index (χ0) is 16.7. The fourth-order valence-corrected chi connectivity index (χ4v) is 4.86. The van der Waals surface area contributed by atoms with Gasteiger partial charge < -0.3 is 10.1 Å². The van der Waals surface area contributed by atoms with E-state index in [1.54, 1.807) is 0 Å².